The molecule has 5 heteroatoms. The van der Waals surface area contributed by atoms with Gasteiger partial charge in [-0.25, -0.2) is 4.79 Å². The monoisotopic (exact) mass is 276 g/mol. The maximum absolute atomic E-state index is 11.9. The van der Waals surface area contributed by atoms with Gasteiger partial charge in [0.2, 0.25) is 0 Å². The van der Waals surface area contributed by atoms with Crippen LogP contribution in [0.2, 0.25) is 0 Å². The van der Waals surface area contributed by atoms with Gasteiger partial charge >= 0.3 is 6.03 Å². The average molecular weight is 276 g/mol. The number of carbonyl (C=O) groups excluding carboxylic acids is 1. The molecule has 5 nitrogen and oxygen atoms in total. The summed E-state index contributed by atoms with van der Waals surface area (Å²) in [7, 11) is 0. The van der Waals surface area contributed by atoms with Crippen LogP contribution in [0.3, 0.4) is 0 Å². The highest BCUT2D eigenvalue weighted by Crippen LogP contribution is 2.27. The third-order valence-corrected chi connectivity index (χ3v) is 3.98. The molecule has 0 saturated heterocycles. The molecule has 3 rings (SSSR count). The van der Waals surface area contributed by atoms with Crippen LogP contribution in [-0.2, 0) is 6.42 Å². The van der Waals surface area contributed by atoms with E-state index in [2.05, 4.69) is 10.6 Å². The van der Waals surface area contributed by atoms with Gasteiger partial charge in [0.25, 0.3) is 0 Å². The van der Waals surface area contributed by atoms with Gasteiger partial charge in [-0.2, -0.15) is 0 Å². The minimum atomic E-state index is -0.201. The predicted octanol–water partition coefficient (Wildman–Crippen LogP) is 2.05. The number of nitrogens with one attached hydrogen (secondary N) is 2. The SMILES string of the molecule is O=C(Nc1ccc2c(c1)CCO2)NC1CCC(O)CC1. The van der Waals surface area contributed by atoms with E-state index in [0.717, 1.165) is 55.7 Å². The zero-order chi connectivity index (χ0) is 13.9. The number of benzene rings is 1. The smallest absolute Gasteiger partial charge is 0.319 e. The summed E-state index contributed by atoms with van der Waals surface area (Å²) in [5.41, 5.74) is 1.94. The van der Waals surface area contributed by atoms with Crippen molar-refractivity contribution in [1.82, 2.24) is 5.32 Å². The van der Waals surface area contributed by atoms with E-state index < -0.39 is 0 Å². The molecule has 20 heavy (non-hydrogen) atoms. The van der Waals surface area contributed by atoms with Crippen molar-refractivity contribution in [2.45, 2.75) is 44.2 Å². The molecular formula is C15H20N2O3. The van der Waals surface area contributed by atoms with Crippen LogP contribution >= 0.6 is 0 Å². The van der Waals surface area contributed by atoms with E-state index in [-0.39, 0.29) is 18.2 Å². The van der Waals surface area contributed by atoms with Gasteiger partial charge in [-0.15, -0.1) is 0 Å². The Kier molecular flexibility index (Phi) is 3.78. The van der Waals surface area contributed by atoms with Crippen LogP contribution in [0, 0.1) is 0 Å². The number of amides is 2. The number of carbonyl (C=O) groups is 1. The summed E-state index contributed by atoms with van der Waals surface area (Å²) in [6.45, 7) is 0.718. The molecule has 1 heterocycles. The maximum Gasteiger partial charge on any atom is 0.319 e. The molecule has 1 fully saturated rings. The van der Waals surface area contributed by atoms with Gasteiger partial charge in [0, 0.05) is 18.2 Å². The van der Waals surface area contributed by atoms with E-state index in [1.165, 1.54) is 0 Å². The van der Waals surface area contributed by atoms with E-state index >= 15 is 0 Å². The Bertz CT molecular complexity index is 496. The van der Waals surface area contributed by atoms with Gasteiger partial charge in [-0.05, 0) is 49.4 Å². The van der Waals surface area contributed by atoms with Crippen LogP contribution in [0.4, 0.5) is 10.5 Å². The summed E-state index contributed by atoms with van der Waals surface area (Å²) in [4.78, 5) is 11.9. The number of anilines is 1. The number of aliphatic hydroxyl groups is 1. The normalized spacial score (nSPS) is 24.6. The second-order valence-electron chi connectivity index (χ2n) is 5.52. The van der Waals surface area contributed by atoms with Crippen molar-refractivity contribution in [2.24, 2.45) is 0 Å². The summed E-state index contributed by atoms with van der Waals surface area (Å²) in [5.74, 6) is 0.914. The highest BCUT2D eigenvalue weighted by atomic mass is 16.5. The Labute approximate surface area is 118 Å². The first-order valence-electron chi connectivity index (χ1n) is 7.22. The fraction of sp³-hybridized carbons (Fsp3) is 0.533. The Hall–Kier alpha value is -1.75. The number of hydrogen-bond acceptors (Lipinski definition) is 3. The number of rotatable bonds is 2. The van der Waals surface area contributed by atoms with Crippen LogP contribution in [0.25, 0.3) is 0 Å². The zero-order valence-corrected chi connectivity index (χ0v) is 11.4. The molecule has 2 amide bonds. The second kappa shape index (κ2) is 5.71. The Balaban J connectivity index is 1.54. The van der Waals surface area contributed by atoms with E-state index in [1.807, 2.05) is 18.2 Å². The first-order valence-corrected chi connectivity index (χ1v) is 7.22. The molecule has 0 spiro atoms. The van der Waals surface area contributed by atoms with Crippen LogP contribution in [0.15, 0.2) is 18.2 Å². The first kappa shape index (κ1) is 13.2. The standard InChI is InChI=1S/C15H20N2O3/c18-13-4-1-11(2-5-13)16-15(19)17-12-3-6-14-10(9-12)7-8-20-14/h3,6,9,11,13,18H,1-2,4-5,7-8H2,(H2,16,17,19). The van der Waals surface area contributed by atoms with E-state index in [1.54, 1.807) is 0 Å². The minimum absolute atomic E-state index is 0.163. The van der Waals surface area contributed by atoms with E-state index in [4.69, 9.17) is 4.74 Å². The lowest BCUT2D eigenvalue weighted by molar-refractivity contribution is 0.118. The van der Waals surface area contributed by atoms with Crippen molar-refractivity contribution >= 4 is 11.7 Å². The number of fused-ring (bicyclic) bond motifs is 1. The maximum atomic E-state index is 11.9. The summed E-state index contributed by atoms with van der Waals surface area (Å²) in [6.07, 6.45) is 3.90. The molecule has 3 N–H and O–H groups in total. The molecule has 2 aliphatic rings. The third kappa shape index (κ3) is 3.04. The van der Waals surface area contributed by atoms with Crippen molar-refractivity contribution in [2.75, 3.05) is 11.9 Å². The van der Waals surface area contributed by atoms with Gasteiger partial charge in [0.15, 0.2) is 0 Å². The lowest BCUT2D eigenvalue weighted by Crippen LogP contribution is -2.40. The molecule has 108 valence electrons. The number of hydrogen-bond donors (Lipinski definition) is 3. The van der Waals surface area contributed by atoms with Crippen LogP contribution in [0.5, 0.6) is 5.75 Å². The molecule has 1 aromatic carbocycles. The van der Waals surface area contributed by atoms with Gasteiger partial charge in [0.05, 0.1) is 12.7 Å². The fourth-order valence-corrected chi connectivity index (χ4v) is 2.84. The summed E-state index contributed by atoms with van der Waals surface area (Å²) in [6, 6.07) is 5.71. The molecule has 1 aliphatic heterocycles. The summed E-state index contributed by atoms with van der Waals surface area (Å²) < 4.78 is 5.44. The van der Waals surface area contributed by atoms with Gasteiger partial charge in [-0.1, -0.05) is 0 Å². The Morgan fingerprint density at radius 1 is 1.25 bits per heavy atom. The molecular weight excluding hydrogens is 256 g/mol. The average Bonchev–Trinajstić information content (AvgIpc) is 2.89. The Morgan fingerprint density at radius 2 is 2.05 bits per heavy atom. The third-order valence-electron chi connectivity index (χ3n) is 3.98. The second-order valence-corrected chi connectivity index (χ2v) is 5.52. The van der Waals surface area contributed by atoms with Gasteiger partial charge in [-0.3, -0.25) is 0 Å². The van der Waals surface area contributed by atoms with Crippen LogP contribution < -0.4 is 15.4 Å². The summed E-state index contributed by atoms with van der Waals surface area (Å²) in [5, 5.41) is 15.3. The summed E-state index contributed by atoms with van der Waals surface area (Å²) >= 11 is 0. The lowest BCUT2D eigenvalue weighted by Gasteiger charge is -2.26. The van der Waals surface area contributed by atoms with Gasteiger partial charge in [0.1, 0.15) is 5.75 Å². The van der Waals surface area contributed by atoms with E-state index in [0.29, 0.717) is 0 Å². The largest absolute Gasteiger partial charge is 0.493 e. The first-order chi connectivity index (χ1) is 9.70. The number of ether oxygens (including phenoxy) is 1. The highest BCUT2D eigenvalue weighted by molar-refractivity contribution is 5.89. The topological polar surface area (TPSA) is 70.6 Å². The van der Waals surface area contributed by atoms with Crippen LogP contribution in [0.1, 0.15) is 31.2 Å². The minimum Gasteiger partial charge on any atom is -0.493 e. The molecule has 0 radical (unpaired) electrons. The van der Waals surface area contributed by atoms with Crippen molar-refractivity contribution in [3.8, 4) is 5.75 Å². The van der Waals surface area contributed by atoms with E-state index in [9.17, 15) is 9.90 Å². The molecule has 1 saturated carbocycles. The number of urea groups is 1. The molecule has 0 unspecified atom stereocenters. The van der Waals surface area contributed by atoms with Crippen molar-refractivity contribution in [3.05, 3.63) is 23.8 Å². The molecule has 0 atom stereocenters. The quantitative estimate of drug-likeness (QED) is 0.774. The van der Waals surface area contributed by atoms with Crippen molar-refractivity contribution in [1.29, 1.82) is 0 Å². The van der Waals surface area contributed by atoms with Crippen LogP contribution in [-0.4, -0.2) is 29.9 Å². The highest BCUT2D eigenvalue weighted by Gasteiger charge is 2.21. The van der Waals surface area contributed by atoms with Crippen molar-refractivity contribution < 1.29 is 14.6 Å². The zero-order valence-electron chi connectivity index (χ0n) is 11.4. The Morgan fingerprint density at radius 3 is 2.85 bits per heavy atom. The van der Waals surface area contributed by atoms with Crippen molar-refractivity contribution in [3.63, 3.8) is 0 Å². The molecule has 0 aromatic heterocycles. The molecule has 1 aliphatic carbocycles. The van der Waals surface area contributed by atoms with Gasteiger partial charge < -0.3 is 20.5 Å². The lowest BCUT2D eigenvalue weighted by atomic mass is 9.93. The number of aliphatic hydroxyl groups excluding tert-OH is 1. The fourth-order valence-electron chi connectivity index (χ4n) is 2.84. The molecule has 0 bridgehead atoms. The molecule has 1 aromatic rings. The predicted molar refractivity (Wildman–Crippen MR) is 76.1 cm³/mol.